The van der Waals surface area contributed by atoms with Crippen LogP contribution in [0.1, 0.15) is 19.3 Å². The third-order valence-corrected chi connectivity index (χ3v) is 1.48. The molecule has 2 nitrogen and oxygen atoms in total. The van der Waals surface area contributed by atoms with Gasteiger partial charge in [-0.3, -0.25) is 0 Å². The van der Waals surface area contributed by atoms with Gasteiger partial charge in [-0.15, -0.1) is 0 Å². The molecule has 0 saturated carbocycles. The van der Waals surface area contributed by atoms with Crippen LogP contribution in [0.5, 0.6) is 0 Å². The van der Waals surface area contributed by atoms with Gasteiger partial charge < -0.3 is 9.84 Å². The molecule has 12 heavy (non-hydrogen) atoms. The minimum Gasteiger partial charge on any atom is -0.396 e. The van der Waals surface area contributed by atoms with Crippen LogP contribution in [0.4, 0.5) is 0 Å². The van der Waals surface area contributed by atoms with E-state index in [1.165, 1.54) is 6.42 Å². The van der Waals surface area contributed by atoms with Crippen molar-refractivity contribution in [1.82, 2.24) is 0 Å². The van der Waals surface area contributed by atoms with Crippen LogP contribution in [0.25, 0.3) is 0 Å². The van der Waals surface area contributed by atoms with Crippen LogP contribution < -0.4 is 0 Å². The molecule has 0 spiro atoms. The monoisotopic (exact) mass is 234 g/mol. The van der Waals surface area contributed by atoms with Gasteiger partial charge >= 0.3 is 0 Å². The van der Waals surface area contributed by atoms with Crippen LogP contribution >= 0.6 is 34.8 Å². The summed E-state index contributed by atoms with van der Waals surface area (Å²) in [4.78, 5) is 0. The number of aliphatic hydroxyl groups is 1. The van der Waals surface area contributed by atoms with E-state index in [-0.39, 0.29) is 6.61 Å². The maximum Gasteiger partial charge on any atom is 0.180 e. The molecule has 0 aromatic heterocycles. The van der Waals surface area contributed by atoms with Gasteiger partial charge in [-0.05, 0) is 19.3 Å². The number of aliphatic hydroxyl groups excluding tert-OH is 1. The highest BCUT2D eigenvalue weighted by Gasteiger charge is 2.13. The Kier molecular flexibility index (Phi) is 8.94. The van der Waals surface area contributed by atoms with Crippen LogP contribution in [0.3, 0.4) is 0 Å². The second-order valence-electron chi connectivity index (χ2n) is 2.39. The first-order valence-electron chi connectivity index (χ1n) is 3.81. The van der Waals surface area contributed by atoms with Crippen molar-refractivity contribution in [2.45, 2.75) is 29.7 Å². The zero-order valence-electron chi connectivity index (χ0n) is 6.68. The molecule has 1 rings (SSSR count). The molecule has 0 aromatic rings. The molecule has 1 fully saturated rings. The van der Waals surface area contributed by atoms with Crippen molar-refractivity contribution in [3.8, 4) is 0 Å². The van der Waals surface area contributed by atoms with E-state index in [9.17, 15) is 0 Å². The summed E-state index contributed by atoms with van der Waals surface area (Å²) in [6, 6.07) is 0. The Labute approximate surface area is 87.7 Å². The van der Waals surface area contributed by atoms with Crippen molar-refractivity contribution < 1.29 is 9.84 Å². The number of hydrogen-bond donors (Lipinski definition) is 1. The molecule has 5 heteroatoms. The van der Waals surface area contributed by atoms with Gasteiger partial charge in [0.15, 0.2) is 4.30 Å². The van der Waals surface area contributed by atoms with Crippen molar-refractivity contribution in [3.63, 3.8) is 0 Å². The zero-order chi connectivity index (χ0) is 9.40. The SMILES string of the molecule is ClC(Cl)Cl.OCCC1CCCO1. The van der Waals surface area contributed by atoms with Gasteiger partial charge in [0.05, 0.1) is 6.10 Å². The lowest BCUT2D eigenvalue weighted by Gasteiger charge is -2.03. The Balaban J connectivity index is 0.000000261. The third-order valence-electron chi connectivity index (χ3n) is 1.48. The second-order valence-corrected chi connectivity index (χ2v) is 4.37. The van der Waals surface area contributed by atoms with Crippen LogP contribution in [0.2, 0.25) is 0 Å². The molecular formula is C7H13Cl3O2. The van der Waals surface area contributed by atoms with E-state index in [1.54, 1.807) is 0 Å². The van der Waals surface area contributed by atoms with Gasteiger partial charge in [0.1, 0.15) is 0 Å². The minimum absolute atomic E-state index is 0.269. The number of alkyl halides is 3. The number of ether oxygens (including phenoxy) is 1. The van der Waals surface area contributed by atoms with E-state index < -0.39 is 4.30 Å². The lowest BCUT2D eigenvalue weighted by molar-refractivity contribution is 0.0868. The first-order valence-corrected chi connectivity index (χ1v) is 5.12. The standard InChI is InChI=1S/C6H12O2.CHCl3/c7-4-3-6-2-1-5-8-6;2-1(3)4/h6-7H,1-5H2;1H. The van der Waals surface area contributed by atoms with E-state index >= 15 is 0 Å². The molecule has 1 N–H and O–H groups in total. The Morgan fingerprint density at radius 2 is 2.00 bits per heavy atom. The molecule has 1 heterocycles. The van der Waals surface area contributed by atoms with E-state index in [0.717, 1.165) is 19.4 Å². The molecule has 1 atom stereocenters. The summed E-state index contributed by atoms with van der Waals surface area (Å²) in [5.41, 5.74) is 0. The quantitative estimate of drug-likeness (QED) is 0.746. The number of halogens is 3. The summed E-state index contributed by atoms with van der Waals surface area (Å²) in [5, 5.41) is 8.45. The van der Waals surface area contributed by atoms with Crippen molar-refractivity contribution in [1.29, 1.82) is 0 Å². The molecule has 1 saturated heterocycles. The summed E-state index contributed by atoms with van der Waals surface area (Å²) in [7, 11) is 0. The van der Waals surface area contributed by atoms with Crippen LogP contribution in [0, 0.1) is 0 Å². The Morgan fingerprint density at radius 3 is 2.33 bits per heavy atom. The lowest BCUT2D eigenvalue weighted by atomic mass is 10.2. The highest BCUT2D eigenvalue weighted by Crippen LogP contribution is 2.13. The van der Waals surface area contributed by atoms with Crippen molar-refractivity contribution in [2.75, 3.05) is 13.2 Å². The maximum atomic E-state index is 8.45. The van der Waals surface area contributed by atoms with Gasteiger partial charge in [-0.2, -0.15) is 0 Å². The summed E-state index contributed by atoms with van der Waals surface area (Å²) in [5.74, 6) is 0. The molecule has 1 unspecified atom stereocenters. The largest absolute Gasteiger partial charge is 0.396 e. The Bertz CT molecular complexity index is 91.9. The zero-order valence-corrected chi connectivity index (χ0v) is 8.95. The predicted molar refractivity (Wildman–Crippen MR) is 52.0 cm³/mol. The molecule has 1 aliphatic rings. The van der Waals surface area contributed by atoms with Gasteiger partial charge in [0, 0.05) is 13.2 Å². The van der Waals surface area contributed by atoms with E-state index in [1.807, 2.05) is 0 Å². The van der Waals surface area contributed by atoms with Crippen molar-refractivity contribution in [2.24, 2.45) is 0 Å². The van der Waals surface area contributed by atoms with E-state index in [2.05, 4.69) is 0 Å². The predicted octanol–water partition coefficient (Wildman–Crippen LogP) is 2.53. The smallest absolute Gasteiger partial charge is 0.180 e. The molecule has 74 valence electrons. The first kappa shape index (κ1) is 12.8. The fraction of sp³-hybridized carbons (Fsp3) is 1.00. The molecule has 0 radical (unpaired) electrons. The Hall–Kier alpha value is 0.790. The minimum atomic E-state index is -0.750. The van der Waals surface area contributed by atoms with E-state index in [4.69, 9.17) is 44.6 Å². The van der Waals surface area contributed by atoms with Gasteiger partial charge in [0.25, 0.3) is 0 Å². The summed E-state index contributed by atoms with van der Waals surface area (Å²) in [6.45, 7) is 1.16. The Morgan fingerprint density at radius 1 is 1.42 bits per heavy atom. The lowest BCUT2D eigenvalue weighted by Crippen LogP contribution is -2.06. The fourth-order valence-electron chi connectivity index (χ4n) is 1.02. The number of rotatable bonds is 2. The van der Waals surface area contributed by atoms with Gasteiger partial charge in [-0.25, -0.2) is 0 Å². The second kappa shape index (κ2) is 8.39. The average Bonchev–Trinajstić information content (AvgIpc) is 2.39. The summed E-state index contributed by atoms with van der Waals surface area (Å²) in [6.07, 6.45) is 3.49. The molecule has 0 aromatic carbocycles. The maximum absolute atomic E-state index is 8.45. The average molecular weight is 236 g/mol. The molecule has 0 bridgehead atoms. The summed E-state index contributed by atoms with van der Waals surface area (Å²) >= 11 is 14.4. The van der Waals surface area contributed by atoms with Crippen molar-refractivity contribution in [3.05, 3.63) is 0 Å². The first-order chi connectivity index (χ1) is 5.66. The topological polar surface area (TPSA) is 29.5 Å². The number of hydrogen-bond acceptors (Lipinski definition) is 2. The van der Waals surface area contributed by atoms with Gasteiger partial charge in [-0.1, -0.05) is 34.8 Å². The highest BCUT2D eigenvalue weighted by atomic mass is 35.6. The van der Waals surface area contributed by atoms with Crippen molar-refractivity contribution >= 4 is 34.8 Å². The third kappa shape index (κ3) is 8.88. The van der Waals surface area contributed by atoms with Gasteiger partial charge in [0.2, 0.25) is 0 Å². The normalized spacial score (nSPS) is 22.2. The molecule has 0 aliphatic carbocycles. The van der Waals surface area contributed by atoms with Crippen LogP contribution in [-0.2, 0) is 4.74 Å². The fourth-order valence-corrected chi connectivity index (χ4v) is 1.02. The highest BCUT2D eigenvalue weighted by molar-refractivity contribution is 6.63. The van der Waals surface area contributed by atoms with E-state index in [0.29, 0.717) is 6.10 Å². The molecule has 1 aliphatic heterocycles. The molecular weight excluding hydrogens is 222 g/mol. The summed E-state index contributed by atoms with van der Waals surface area (Å²) < 4.78 is 4.48. The molecule has 0 amide bonds. The van der Waals surface area contributed by atoms with Crippen LogP contribution in [0.15, 0.2) is 0 Å². The van der Waals surface area contributed by atoms with Crippen LogP contribution in [-0.4, -0.2) is 28.7 Å².